The van der Waals surface area contributed by atoms with Crippen LogP contribution in [0.4, 0.5) is 0 Å². The monoisotopic (exact) mass is 219 g/mol. The molecule has 2 N–H and O–H groups in total. The largest absolute Gasteiger partial charge is 0.466 e. The van der Waals surface area contributed by atoms with E-state index in [0.717, 1.165) is 11.5 Å². The Kier molecular flexibility index (Phi) is 7.99. The van der Waals surface area contributed by atoms with Gasteiger partial charge in [0, 0.05) is 5.75 Å². The third kappa shape index (κ3) is 6.27. The zero-order valence-electron chi connectivity index (χ0n) is 9.29. The molecule has 0 rings (SSSR count). The van der Waals surface area contributed by atoms with Crippen LogP contribution in [0.1, 0.15) is 20.8 Å². The fourth-order valence-electron chi connectivity index (χ4n) is 0.867. The van der Waals surface area contributed by atoms with Gasteiger partial charge >= 0.3 is 5.97 Å². The Hall–Kier alpha value is -0.220. The summed E-state index contributed by atoms with van der Waals surface area (Å²) in [5, 5.41) is 0. The maximum Gasteiger partial charge on any atom is 0.309 e. The molecular formula is C10H21NO2S. The Morgan fingerprint density at radius 2 is 2.07 bits per heavy atom. The van der Waals surface area contributed by atoms with E-state index in [2.05, 4.69) is 6.92 Å². The Bertz CT molecular complexity index is 164. The van der Waals surface area contributed by atoms with E-state index in [1.807, 2.05) is 13.8 Å². The molecule has 0 bridgehead atoms. The molecule has 0 aliphatic rings. The molecule has 84 valence electrons. The van der Waals surface area contributed by atoms with Gasteiger partial charge in [-0.3, -0.25) is 4.79 Å². The number of nitrogens with two attached hydrogens (primary N) is 1. The molecule has 0 aromatic carbocycles. The molecule has 14 heavy (non-hydrogen) atoms. The van der Waals surface area contributed by atoms with Gasteiger partial charge in [-0.15, -0.1) is 0 Å². The first-order valence-electron chi connectivity index (χ1n) is 5.06. The first-order valence-corrected chi connectivity index (χ1v) is 6.21. The van der Waals surface area contributed by atoms with Crippen molar-refractivity contribution in [3.05, 3.63) is 0 Å². The summed E-state index contributed by atoms with van der Waals surface area (Å²) in [5.74, 6) is 2.25. The summed E-state index contributed by atoms with van der Waals surface area (Å²) in [6.07, 6.45) is 0. The number of carbonyl (C=O) groups is 1. The van der Waals surface area contributed by atoms with Gasteiger partial charge in [-0.1, -0.05) is 13.8 Å². The van der Waals surface area contributed by atoms with Crippen LogP contribution < -0.4 is 5.73 Å². The second kappa shape index (κ2) is 8.12. The molecule has 0 aliphatic heterocycles. The van der Waals surface area contributed by atoms with E-state index >= 15 is 0 Å². The predicted octanol–water partition coefficient (Wildman–Crippen LogP) is 1.51. The number of rotatable bonds is 7. The highest BCUT2D eigenvalue weighted by molar-refractivity contribution is 7.99. The Morgan fingerprint density at radius 1 is 1.43 bits per heavy atom. The fourth-order valence-corrected chi connectivity index (χ4v) is 2.03. The van der Waals surface area contributed by atoms with E-state index in [1.165, 1.54) is 0 Å². The van der Waals surface area contributed by atoms with Crippen LogP contribution in [0.15, 0.2) is 0 Å². The summed E-state index contributed by atoms with van der Waals surface area (Å²) < 4.78 is 4.91. The molecule has 0 heterocycles. The van der Waals surface area contributed by atoms with Crippen molar-refractivity contribution in [2.45, 2.75) is 20.8 Å². The summed E-state index contributed by atoms with van der Waals surface area (Å²) in [7, 11) is 0. The van der Waals surface area contributed by atoms with Gasteiger partial charge in [0.25, 0.3) is 0 Å². The van der Waals surface area contributed by atoms with Crippen LogP contribution in [0.5, 0.6) is 0 Å². The second-order valence-electron chi connectivity index (χ2n) is 3.53. The third-order valence-corrected chi connectivity index (χ3v) is 3.40. The first-order chi connectivity index (χ1) is 6.61. The maximum atomic E-state index is 11.2. The average molecular weight is 219 g/mol. The van der Waals surface area contributed by atoms with Crippen molar-refractivity contribution in [3.63, 3.8) is 0 Å². The van der Waals surface area contributed by atoms with Crippen molar-refractivity contribution in [1.82, 2.24) is 0 Å². The minimum absolute atomic E-state index is 0.00933. The molecule has 2 unspecified atom stereocenters. The highest BCUT2D eigenvalue weighted by Crippen LogP contribution is 2.13. The van der Waals surface area contributed by atoms with Gasteiger partial charge in [0.15, 0.2) is 0 Å². The Labute approximate surface area is 90.8 Å². The van der Waals surface area contributed by atoms with Crippen LogP contribution in [0.3, 0.4) is 0 Å². The van der Waals surface area contributed by atoms with E-state index in [0.29, 0.717) is 19.1 Å². The molecule has 0 amide bonds. The zero-order valence-corrected chi connectivity index (χ0v) is 10.1. The van der Waals surface area contributed by atoms with Crippen LogP contribution >= 0.6 is 11.8 Å². The van der Waals surface area contributed by atoms with Crippen LogP contribution in [-0.4, -0.2) is 30.6 Å². The summed E-state index contributed by atoms with van der Waals surface area (Å²) >= 11 is 1.77. The lowest BCUT2D eigenvalue weighted by molar-refractivity contribution is -0.146. The lowest BCUT2D eigenvalue weighted by Gasteiger charge is -2.11. The summed E-state index contributed by atoms with van der Waals surface area (Å²) in [5.41, 5.74) is 5.49. The third-order valence-electron chi connectivity index (χ3n) is 1.86. The van der Waals surface area contributed by atoms with Crippen molar-refractivity contribution in [2.75, 3.05) is 24.7 Å². The van der Waals surface area contributed by atoms with Gasteiger partial charge < -0.3 is 10.5 Å². The van der Waals surface area contributed by atoms with Crippen LogP contribution in [0.2, 0.25) is 0 Å². The van der Waals surface area contributed by atoms with E-state index in [-0.39, 0.29) is 11.9 Å². The molecule has 0 aromatic rings. The number of hydrogen-bond acceptors (Lipinski definition) is 4. The van der Waals surface area contributed by atoms with Crippen LogP contribution in [0, 0.1) is 11.8 Å². The second-order valence-corrected chi connectivity index (χ2v) is 4.61. The van der Waals surface area contributed by atoms with E-state index in [9.17, 15) is 4.79 Å². The molecule has 0 saturated carbocycles. The van der Waals surface area contributed by atoms with Crippen LogP contribution in [0.25, 0.3) is 0 Å². The van der Waals surface area contributed by atoms with E-state index in [4.69, 9.17) is 10.5 Å². The molecular weight excluding hydrogens is 198 g/mol. The molecule has 3 nitrogen and oxygen atoms in total. The van der Waals surface area contributed by atoms with Crippen molar-refractivity contribution in [3.8, 4) is 0 Å². The number of ether oxygens (including phenoxy) is 1. The fraction of sp³-hybridized carbons (Fsp3) is 0.900. The van der Waals surface area contributed by atoms with E-state index < -0.39 is 0 Å². The highest BCUT2D eigenvalue weighted by atomic mass is 32.2. The summed E-state index contributed by atoms with van der Waals surface area (Å²) in [6, 6.07) is 0. The van der Waals surface area contributed by atoms with Crippen molar-refractivity contribution >= 4 is 17.7 Å². The SMILES string of the molecule is CCOC(=O)C(C)CSCC(C)CN. The summed E-state index contributed by atoms with van der Waals surface area (Å²) in [4.78, 5) is 11.2. The highest BCUT2D eigenvalue weighted by Gasteiger charge is 2.13. The number of carbonyl (C=O) groups excluding carboxylic acids is 1. The predicted molar refractivity (Wildman–Crippen MR) is 61.3 cm³/mol. The lowest BCUT2D eigenvalue weighted by Crippen LogP contribution is -2.18. The molecule has 0 aliphatic carbocycles. The standard InChI is InChI=1S/C10H21NO2S/c1-4-13-10(12)9(3)7-14-6-8(2)5-11/h8-9H,4-7,11H2,1-3H3. The lowest BCUT2D eigenvalue weighted by atomic mass is 10.2. The van der Waals surface area contributed by atoms with Crippen LogP contribution in [-0.2, 0) is 9.53 Å². The number of thioether (sulfide) groups is 1. The summed E-state index contributed by atoms with van der Waals surface area (Å²) in [6.45, 7) is 7.02. The molecule has 0 saturated heterocycles. The zero-order chi connectivity index (χ0) is 11.0. The van der Waals surface area contributed by atoms with E-state index in [1.54, 1.807) is 11.8 Å². The van der Waals surface area contributed by atoms with Gasteiger partial charge in [0.05, 0.1) is 12.5 Å². The maximum absolute atomic E-state index is 11.2. The normalized spacial score (nSPS) is 14.9. The molecule has 0 fully saturated rings. The minimum Gasteiger partial charge on any atom is -0.466 e. The Morgan fingerprint density at radius 3 is 2.57 bits per heavy atom. The first kappa shape index (κ1) is 13.8. The van der Waals surface area contributed by atoms with Gasteiger partial charge in [0.2, 0.25) is 0 Å². The van der Waals surface area contributed by atoms with Crippen molar-refractivity contribution in [1.29, 1.82) is 0 Å². The molecule has 4 heteroatoms. The smallest absolute Gasteiger partial charge is 0.309 e. The van der Waals surface area contributed by atoms with Crippen molar-refractivity contribution in [2.24, 2.45) is 17.6 Å². The van der Waals surface area contributed by atoms with Gasteiger partial charge in [-0.05, 0) is 25.1 Å². The quantitative estimate of drug-likeness (QED) is 0.660. The number of esters is 1. The molecule has 0 spiro atoms. The molecule has 0 aromatic heterocycles. The van der Waals surface area contributed by atoms with Gasteiger partial charge in [-0.2, -0.15) is 11.8 Å². The van der Waals surface area contributed by atoms with Gasteiger partial charge in [-0.25, -0.2) is 0 Å². The van der Waals surface area contributed by atoms with Crippen molar-refractivity contribution < 1.29 is 9.53 Å². The molecule has 2 atom stereocenters. The Balaban J connectivity index is 3.52. The van der Waals surface area contributed by atoms with Gasteiger partial charge in [0.1, 0.15) is 0 Å². The average Bonchev–Trinajstić information content (AvgIpc) is 2.17. The topological polar surface area (TPSA) is 52.3 Å². The molecule has 0 radical (unpaired) electrons. The number of hydrogen-bond donors (Lipinski definition) is 1. The minimum atomic E-state index is -0.0969.